The van der Waals surface area contributed by atoms with Crippen LogP contribution in [0.3, 0.4) is 0 Å². The van der Waals surface area contributed by atoms with Crippen LogP contribution >= 0.6 is 0 Å². The van der Waals surface area contributed by atoms with Gasteiger partial charge in [-0.1, -0.05) is 0 Å². The second kappa shape index (κ2) is 7.76. The Balaban J connectivity index is 2.00. The molecule has 0 aliphatic heterocycles. The average Bonchev–Trinajstić information content (AvgIpc) is 3.27. The fourth-order valence-corrected chi connectivity index (χ4v) is 2.63. The Morgan fingerprint density at radius 2 is 2.04 bits per heavy atom. The van der Waals surface area contributed by atoms with Crippen molar-refractivity contribution in [2.75, 3.05) is 6.54 Å². The van der Waals surface area contributed by atoms with Crippen LogP contribution in [0.15, 0.2) is 41.1 Å². The third-order valence-corrected chi connectivity index (χ3v) is 4.02. The van der Waals surface area contributed by atoms with Crippen LogP contribution in [0.4, 0.5) is 17.6 Å². The normalized spacial score (nSPS) is 11.2. The zero-order valence-corrected chi connectivity index (χ0v) is 14.5. The molecule has 28 heavy (non-hydrogen) atoms. The molecular weight excluding hydrogens is 382 g/mol. The van der Waals surface area contributed by atoms with Crippen LogP contribution in [0, 0.1) is 6.92 Å². The Morgan fingerprint density at radius 1 is 1.29 bits per heavy atom. The Morgan fingerprint density at radius 3 is 2.61 bits per heavy atom. The smallest absolute Gasteiger partial charge is 0.327 e. The van der Waals surface area contributed by atoms with E-state index in [4.69, 9.17) is 5.73 Å². The van der Waals surface area contributed by atoms with E-state index in [0.717, 1.165) is 4.57 Å². The van der Waals surface area contributed by atoms with Crippen molar-refractivity contribution in [1.29, 1.82) is 0 Å². The standard InChI is InChI=1S/C16H15F4N7O/c1-8-2-10(11-6-23-26(7-11)15(19)20)5-22-14(8)27-12(24-25-16(27)28)3-9(4-21)13(17)18/h2,5-7,15H,3-4,21H2,1H3,(H,25,28). The van der Waals surface area contributed by atoms with Crippen LogP contribution in [0.25, 0.3) is 16.9 Å². The summed E-state index contributed by atoms with van der Waals surface area (Å²) < 4.78 is 52.7. The molecule has 0 amide bonds. The van der Waals surface area contributed by atoms with E-state index in [0.29, 0.717) is 21.4 Å². The topological polar surface area (TPSA) is 107 Å². The molecule has 0 unspecified atom stereocenters. The molecule has 0 saturated carbocycles. The van der Waals surface area contributed by atoms with Crippen molar-refractivity contribution in [3.05, 3.63) is 58.2 Å². The number of hydrogen-bond acceptors (Lipinski definition) is 5. The van der Waals surface area contributed by atoms with Gasteiger partial charge in [-0.2, -0.15) is 27.8 Å². The summed E-state index contributed by atoms with van der Waals surface area (Å²) >= 11 is 0. The van der Waals surface area contributed by atoms with Gasteiger partial charge in [0.05, 0.1) is 6.20 Å². The summed E-state index contributed by atoms with van der Waals surface area (Å²) in [5.74, 6) is 0.196. The monoisotopic (exact) mass is 397 g/mol. The minimum atomic E-state index is -2.77. The number of H-pyrrole nitrogens is 1. The average molecular weight is 397 g/mol. The zero-order chi connectivity index (χ0) is 20.4. The second-order valence-corrected chi connectivity index (χ2v) is 5.88. The summed E-state index contributed by atoms with van der Waals surface area (Å²) in [5, 5.41) is 9.54. The number of nitrogens with two attached hydrogens (primary N) is 1. The van der Waals surface area contributed by atoms with Crippen LogP contribution in [0.2, 0.25) is 0 Å². The van der Waals surface area contributed by atoms with E-state index >= 15 is 0 Å². The molecule has 0 aliphatic rings. The molecule has 8 nitrogen and oxygen atoms in total. The molecule has 3 rings (SSSR count). The van der Waals surface area contributed by atoms with Gasteiger partial charge < -0.3 is 5.73 Å². The van der Waals surface area contributed by atoms with Gasteiger partial charge in [-0.15, -0.1) is 0 Å². The molecular formula is C16H15F4N7O. The number of rotatable bonds is 6. The van der Waals surface area contributed by atoms with Gasteiger partial charge in [0, 0.05) is 42.1 Å². The molecule has 0 aromatic carbocycles. The summed E-state index contributed by atoms with van der Waals surface area (Å²) in [6.07, 6.45) is 1.54. The third kappa shape index (κ3) is 3.71. The summed E-state index contributed by atoms with van der Waals surface area (Å²) in [5.41, 5.74) is 5.73. The summed E-state index contributed by atoms with van der Waals surface area (Å²) in [6, 6.07) is 1.62. The molecule has 0 bridgehead atoms. The highest BCUT2D eigenvalue weighted by atomic mass is 19.3. The van der Waals surface area contributed by atoms with E-state index in [1.807, 2.05) is 0 Å². The molecule has 0 atom stereocenters. The lowest BCUT2D eigenvalue weighted by atomic mass is 10.1. The van der Waals surface area contributed by atoms with Crippen LogP contribution in [-0.2, 0) is 6.42 Å². The Hall–Kier alpha value is -3.28. The van der Waals surface area contributed by atoms with Gasteiger partial charge in [-0.25, -0.2) is 24.1 Å². The van der Waals surface area contributed by atoms with Crippen molar-refractivity contribution >= 4 is 0 Å². The lowest BCUT2D eigenvalue weighted by Gasteiger charge is -2.10. The fraction of sp³-hybridized carbons (Fsp3) is 0.250. The second-order valence-electron chi connectivity index (χ2n) is 5.88. The molecule has 0 fully saturated rings. The van der Waals surface area contributed by atoms with E-state index in [1.54, 1.807) is 13.0 Å². The summed E-state index contributed by atoms with van der Waals surface area (Å²) in [6.45, 7) is -1.51. The first-order valence-corrected chi connectivity index (χ1v) is 8.01. The molecule has 12 heteroatoms. The largest absolute Gasteiger partial charge is 0.349 e. The van der Waals surface area contributed by atoms with E-state index in [2.05, 4.69) is 20.3 Å². The number of nitrogens with zero attached hydrogens (tertiary/aromatic N) is 5. The van der Waals surface area contributed by atoms with Gasteiger partial charge in [0.1, 0.15) is 11.6 Å². The number of aryl methyl sites for hydroxylation is 1. The molecule has 0 aliphatic carbocycles. The predicted molar refractivity (Wildman–Crippen MR) is 91.2 cm³/mol. The van der Waals surface area contributed by atoms with E-state index in [9.17, 15) is 22.4 Å². The van der Waals surface area contributed by atoms with Crippen LogP contribution in [-0.4, -0.2) is 36.1 Å². The van der Waals surface area contributed by atoms with Crippen molar-refractivity contribution in [2.45, 2.75) is 19.9 Å². The molecule has 3 N–H and O–H groups in total. The molecule has 0 spiro atoms. The highest BCUT2D eigenvalue weighted by molar-refractivity contribution is 5.62. The first-order chi connectivity index (χ1) is 13.3. The molecule has 148 valence electrons. The summed E-state index contributed by atoms with van der Waals surface area (Å²) in [7, 11) is 0. The van der Waals surface area contributed by atoms with Crippen LogP contribution in [0.5, 0.6) is 0 Å². The van der Waals surface area contributed by atoms with Crippen molar-refractivity contribution in [1.82, 2.24) is 29.5 Å². The van der Waals surface area contributed by atoms with Crippen molar-refractivity contribution in [2.24, 2.45) is 5.73 Å². The first-order valence-electron chi connectivity index (χ1n) is 8.01. The first kappa shape index (κ1) is 19.5. The lowest BCUT2D eigenvalue weighted by molar-refractivity contribution is 0.0566. The minimum Gasteiger partial charge on any atom is -0.327 e. The van der Waals surface area contributed by atoms with E-state index in [1.165, 1.54) is 18.6 Å². The van der Waals surface area contributed by atoms with Gasteiger partial charge in [-0.05, 0) is 18.6 Å². The number of nitrogens with one attached hydrogen (secondary N) is 1. The van der Waals surface area contributed by atoms with Crippen LogP contribution in [0.1, 0.15) is 17.9 Å². The maximum atomic E-state index is 12.9. The van der Waals surface area contributed by atoms with Gasteiger partial charge >= 0.3 is 12.2 Å². The van der Waals surface area contributed by atoms with Crippen molar-refractivity contribution in [3.8, 4) is 16.9 Å². The molecule has 0 radical (unpaired) electrons. The maximum absolute atomic E-state index is 12.9. The van der Waals surface area contributed by atoms with Crippen molar-refractivity contribution in [3.63, 3.8) is 0 Å². The van der Waals surface area contributed by atoms with E-state index < -0.39 is 18.3 Å². The van der Waals surface area contributed by atoms with E-state index in [-0.39, 0.29) is 30.2 Å². The lowest BCUT2D eigenvalue weighted by Crippen LogP contribution is -2.20. The highest BCUT2D eigenvalue weighted by Crippen LogP contribution is 2.24. The van der Waals surface area contributed by atoms with Gasteiger partial charge in [-0.3, -0.25) is 0 Å². The summed E-state index contributed by atoms with van der Waals surface area (Å²) in [4.78, 5) is 16.3. The van der Waals surface area contributed by atoms with Gasteiger partial charge in [0.2, 0.25) is 0 Å². The molecule has 3 aromatic heterocycles. The number of halogens is 4. The van der Waals surface area contributed by atoms with Gasteiger partial charge in [0.15, 0.2) is 0 Å². The quantitative estimate of drug-likeness (QED) is 0.620. The SMILES string of the molecule is Cc1cc(-c2cnn(C(F)F)c2)cnc1-n1c(CC(CN)=C(F)F)n[nH]c1=O. The molecule has 3 aromatic rings. The fourth-order valence-electron chi connectivity index (χ4n) is 2.63. The number of pyridine rings is 1. The third-order valence-electron chi connectivity index (χ3n) is 4.02. The zero-order valence-electron chi connectivity index (χ0n) is 14.5. The van der Waals surface area contributed by atoms with Crippen LogP contribution < -0.4 is 11.4 Å². The maximum Gasteiger partial charge on any atom is 0.349 e. The highest BCUT2D eigenvalue weighted by Gasteiger charge is 2.18. The Labute approximate surface area is 155 Å². The van der Waals surface area contributed by atoms with Crippen molar-refractivity contribution < 1.29 is 17.6 Å². The number of aromatic amines is 1. The Kier molecular flexibility index (Phi) is 5.40. The molecule has 0 saturated heterocycles. The number of alkyl halides is 2. The number of aromatic nitrogens is 6. The number of hydrogen-bond donors (Lipinski definition) is 2. The molecule has 3 heterocycles. The Bertz CT molecular complexity index is 1080. The minimum absolute atomic E-state index is 0.0205. The van der Waals surface area contributed by atoms with Gasteiger partial charge in [0.25, 0.3) is 6.08 Å². The predicted octanol–water partition coefficient (Wildman–Crippen LogP) is 2.17.